The van der Waals surface area contributed by atoms with E-state index in [1.807, 2.05) is 26.0 Å². The molecule has 0 radical (unpaired) electrons. The molecule has 0 amide bonds. The van der Waals surface area contributed by atoms with Gasteiger partial charge < -0.3 is 0 Å². The lowest BCUT2D eigenvalue weighted by molar-refractivity contribution is 0.434. The third-order valence-corrected chi connectivity index (χ3v) is 4.73. The highest BCUT2D eigenvalue weighted by Gasteiger charge is 2.36. The quantitative estimate of drug-likeness (QED) is 0.808. The Morgan fingerprint density at radius 2 is 2.06 bits per heavy atom. The highest BCUT2D eigenvalue weighted by atomic mass is 32.2. The van der Waals surface area contributed by atoms with Crippen molar-refractivity contribution in [2.45, 2.75) is 30.3 Å². The molecule has 1 N–H and O–H groups in total. The highest BCUT2D eigenvalue weighted by Crippen LogP contribution is 2.33. The third kappa shape index (κ3) is 2.21. The van der Waals surface area contributed by atoms with E-state index in [0.717, 1.165) is 5.56 Å². The van der Waals surface area contributed by atoms with Crippen LogP contribution in [0.3, 0.4) is 0 Å². The molecule has 2 rings (SSSR count). The topological polar surface area (TPSA) is 46.2 Å². The monoisotopic (exact) mass is 249 g/mol. The van der Waals surface area contributed by atoms with Crippen LogP contribution in [0.4, 0.5) is 0 Å². The first-order valence-electron chi connectivity index (χ1n) is 5.43. The first-order valence-corrected chi connectivity index (χ1v) is 7.08. The number of sulfone groups is 1. The average Bonchev–Trinajstić information content (AvgIpc) is 2.51. The van der Waals surface area contributed by atoms with E-state index in [4.69, 9.17) is 6.42 Å². The number of fused-ring (bicyclic) bond motifs is 1. The van der Waals surface area contributed by atoms with Gasteiger partial charge >= 0.3 is 0 Å². The Bertz CT molecular complexity index is 582. The zero-order valence-electron chi connectivity index (χ0n) is 9.90. The SMILES string of the molecule is C#CC(C)(C)NC1CS(=O)(=O)c2ccccc21. The minimum atomic E-state index is -3.17. The largest absolute Gasteiger partial charge is 0.294 e. The van der Waals surface area contributed by atoms with E-state index in [-0.39, 0.29) is 11.8 Å². The summed E-state index contributed by atoms with van der Waals surface area (Å²) < 4.78 is 23.9. The second-order valence-corrected chi connectivity index (χ2v) is 6.79. The molecule has 0 spiro atoms. The van der Waals surface area contributed by atoms with Gasteiger partial charge in [-0.25, -0.2) is 8.42 Å². The molecule has 0 aliphatic carbocycles. The Kier molecular flexibility index (Phi) is 2.76. The molecule has 1 unspecified atom stereocenters. The zero-order chi connectivity index (χ0) is 12.7. The summed E-state index contributed by atoms with van der Waals surface area (Å²) in [4.78, 5) is 0.422. The smallest absolute Gasteiger partial charge is 0.180 e. The molecule has 1 aromatic rings. The van der Waals surface area contributed by atoms with Gasteiger partial charge in [-0.15, -0.1) is 6.42 Å². The molecule has 4 heteroatoms. The van der Waals surface area contributed by atoms with Gasteiger partial charge in [0, 0.05) is 6.04 Å². The molecular formula is C13H15NO2S. The molecule has 1 heterocycles. The maximum Gasteiger partial charge on any atom is 0.180 e. The van der Waals surface area contributed by atoms with Crippen molar-refractivity contribution in [3.8, 4) is 12.3 Å². The summed E-state index contributed by atoms with van der Waals surface area (Å²) in [5.41, 5.74) is 0.299. The van der Waals surface area contributed by atoms with Crippen molar-refractivity contribution < 1.29 is 8.42 Å². The standard InChI is InChI=1S/C13H15NO2S/c1-4-13(2,3)14-11-9-17(15,16)12-8-6-5-7-10(11)12/h1,5-8,11,14H,9H2,2-3H3. The molecule has 0 bridgehead atoms. The molecule has 0 saturated carbocycles. The van der Waals surface area contributed by atoms with Gasteiger partial charge in [0.25, 0.3) is 0 Å². The first-order chi connectivity index (χ1) is 7.86. The minimum absolute atomic E-state index is 0.0808. The van der Waals surface area contributed by atoms with E-state index in [9.17, 15) is 8.42 Å². The highest BCUT2D eigenvalue weighted by molar-refractivity contribution is 7.91. The van der Waals surface area contributed by atoms with Crippen molar-refractivity contribution in [3.63, 3.8) is 0 Å². The molecule has 0 saturated heterocycles. The molecular weight excluding hydrogens is 234 g/mol. The fourth-order valence-corrected chi connectivity index (χ4v) is 3.78. The molecule has 17 heavy (non-hydrogen) atoms. The van der Waals surface area contributed by atoms with E-state index >= 15 is 0 Å². The Labute approximate surface area is 102 Å². The van der Waals surface area contributed by atoms with Crippen molar-refractivity contribution in [1.82, 2.24) is 5.32 Å². The summed E-state index contributed by atoms with van der Waals surface area (Å²) in [6, 6.07) is 6.85. The van der Waals surface area contributed by atoms with Crippen LogP contribution in [0, 0.1) is 12.3 Å². The molecule has 1 atom stereocenters. The number of hydrogen-bond donors (Lipinski definition) is 1. The number of benzene rings is 1. The normalized spacial score (nSPS) is 21.8. The third-order valence-electron chi connectivity index (χ3n) is 2.91. The van der Waals surface area contributed by atoms with Gasteiger partial charge in [-0.05, 0) is 25.5 Å². The number of hydrogen-bond acceptors (Lipinski definition) is 3. The fourth-order valence-electron chi connectivity index (χ4n) is 2.05. The molecule has 90 valence electrons. The Hall–Kier alpha value is -1.31. The molecule has 0 aromatic heterocycles. The maximum atomic E-state index is 11.9. The van der Waals surface area contributed by atoms with Gasteiger partial charge in [-0.2, -0.15) is 0 Å². The van der Waals surface area contributed by atoms with Gasteiger partial charge in [0.1, 0.15) is 0 Å². The summed E-state index contributed by atoms with van der Waals surface area (Å²) in [7, 11) is -3.17. The summed E-state index contributed by atoms with van der Waals surface area (Å²) >= 11 is 0. The average molecular weight is 249 g/mol. The molecule has 3 nitrogen and oxygen atoms in total. The summed E-state index contributed by atoms with van der Waals surface area (Å²) in [6.07, 6.45) is 5.41. The maximum absolute atomic E-state index is 11.9. The predicted molar refractivity (Wildman–Crippen MR) is 67.3 cm³/mol. The van der Waals surface area contributed by atoms with E-state index in [2.05, 4.69) is 11.2 Å². The Morgan fingerprint density at radius 3 is 2.71 bits per heavy atom. The lowest BCUT2D eigenvalue weighted by atomic mass is 10.0. The van der Waals surface area contributed by atoms with Gasteiger partial charge in [0.05, 0.1) is 16.2 Å². The van der Waals surface area contributed by atoms with Crippen LogP contribution in [0.25, 0.3) is 0 Å². The van der Waals surface area contributed by atoms with Crippen LogP contribution in [-0.2, 0) is 9.84 Å². The van der Waals surface area contributed by atoms with Gasteiger partial charge in [-0.1, -0.05) is 24.1 Å². The van der Waals surface area contributed by atoms with Crippen LogP contribution in [0.2, 0.25) is 0 Å². The molecule has 0 fully saturated rings. The van der Waals surface area contributed by atoms with Gasteiger partial charge in [0.2, 0.25) is 0 Å². The number of rotatable bonds is 2. The fraction of sp³-hybridized carbons (Fsp3) is 0.385. The van der Waals surface area contributed by atoms with Crippen molar-refractivity contribution in [3.05, 3.63) is 29.8 Å². The van der Waals surface area contributed by atoms with Crippen molar-refractivity contribution in [1.29, 1.82) is 0 Å². The Balaban J connectivity index is 2.40. The van der Waals surface area contributed by atoms with E-state index < -0.39 is 15.4 Å². The minimum Gasteiger partial charge on any atom is -0.294 e. The number of terminal acetylenes is 1. The Morgan fingerprint density at radius 1 is 1.41 bits per heavy atom. The van der Waals surface area contributed by atoms with Crippen LogP contribution >= 0.6 is 0 Å². The first kappa shape index (κ1) is 12.2. The van der Waals surface area contributed by atoms with Crippen LogP contribution < -0.4 is 5.32 Å². The molecule has 1 aliphatic rings. The summed E-state index contributed by atoms with van der Waals surface area (Å²) in [5, 5.41) is 3.20. The predicted octanol–water partition coefficient (Wildman–Crippen LogP) is 1.52. The lowest BCUT2D eigenvalue weighted by Gasteiger charge is -2.24. The van der Waals surface area contributed by atoms with Crippen molar-refractivity contribution >= 4 is 9.84 Å². The van der Waals surface area contributed by atoms with Crippen LogP contribution in [-0.4, -0.2) is 19.7 Å². The van der Waals surface area contributed by atoms with Gasteiger partial charge in [0.15, 0.2) is 9.84 Å². The second-order valence-electron chi connectivity index (χ2n) is 4.79. The lowest BCUT2D eigenvalue weighted by Crippen LogP contribution is -2.41. The second kappa shape index (κ2) is 3.86. The van der Waals surface area contributed by atoms with E-state index in [1.165, 1.54) is 0 Å². The molecule has 1 aliphatic heterocycles. The van der Waals surface area contributed by atoms with Gasteiger partial charge in [-0.3, -0.25) is 5.32 Å². The molecule has 1 aromatic carbocycles. The van der Waals surface area contributed by atoms with Crippen molar-refractivity contribution in [2.75, 3.05) is 5.75 Å². The zero-order valence-corrected chi connectivity index (χ0v) is 10.7. The van der Waals surface area contributed by atoms with Crippen molar-refractivity contribution in [2.24, 2.45) is 0 Å². The van der Waals surface area contributed by atoms with E-state index in [0.29, 0.717) is 4.90 Å². The van der Waals surface area contributed by atoms with Crippen LogP contribution in [0.5, 0.6) is 0 Å². The van der Waals surface area contributed by atoms with Crippen LogP contribution in [0.1, 0.15) is 25.5 Å². The summed E-state index contributed by atoms with van der Waals surface area (Å²) in [5.74, 6) is 2.70. The summed E-state index contributed by atoms with van der Waals surface area (Å²) in [6.45, 7) is 3.72. The van der Waals surface area contributed by atoms with Crippen LogP contribution in [0.15, 0.2) is 29.2 Å². The van der Waals surface area contributed by atoms with E-state index in [1.54, 1.807) is 12.1 Å². The number of nitrogens with one attached hydrogen (secondary N) is 1.